The van der Waals surface area contributed by atoms with Crippen molar-refractivity contribution < 1.29 is 4.79 Å². The third kappa shape index (κ3) is 2.25. The van der Waals surface area contributed by atoms with E-state index in [1.807, 2.05) is 14.1 Å². The standard InChI is InChI=1S/C9H21GeNO/c1-6-10(7-2,8-3)9(12)11(4)5/h6-8H2,1-5H3. The van der Waals surface area contributed by atoms with Crippen molar-refractivity contribution in [3.05, 3.63) is 0 Å². The van der Waals surface area contributed by atoms with Crippen LogP contribution in [-0.2, 0) is 0 Å². The van der Waals surface area contributed by atoms with Gasteiger partial charge in [0, 0.05) is 0 Å². The van der Waals surface area contributed by atoms with Crippen LogP contribution in [0.2, 0.25) is 15.8 Å². The fourth-order valence-electron chi connectivity index (χ4n) is 1.68. The molecule has 0 aliphatic heterocycles. The van der Waals surface area contributed by atoms with Gasteiger partial charge in [-0.25, -0.2) is 0 Å². The predicted molar refractivity (Wildman–Crippen MR) is 56.3 cm³/mol. The number of rotatable bonds is 4. The fraction of sp³-hybridized carbons (Fsp3) is 0.889. The number of carbonyl (C=O) groups excluding carboxylic acids is 1. The van der Waals surface area contributed by atoms with Crippen LogP contribution in [0, 0.1) is 0 Å². The van der Waals surface area contributed by atoms with E-state index in [1.54, 1.807) is 4.90 Å². The summed E-state index contributed by atoms with van der Waals surface area (Å²) in [6.45, 7) is 6.52. The summed E-state index contributed by atoms with van der Waals surface area (Å²) in [5.74, 6) is 0. The molecule has 0 unspecified atom stereocenters. The first-order chi connectivity index (χ1) is 5.54. The Morgan fingerprint density at radius 2 is 1.42 bits per heavy atom. The summed E-state index contributed by atoms with van der Waals surface area (Å²) in [5.41, 5.74) is 0. The van der Waals surface area contributed by atoms with E-state index in [9.17, 15) is 4.79 Å². The Labute approximate surface area is 78.7 Å². The van der Waals surface area contributed by atoms with Crippen molar-refractivity contribution in [1.82, 2.24) is 4.90 Å². The Kier molecular flexibility index (Phi) is 4.90. The molecule has 0 aromatic rings. The van der Waals surface area contributed by atoms with Crippen molar-refractivity contribution in [3.8, 4) is 0 Å². The Bertz CT molecular complexity index is 144. The molecular weight excluding hydrogens is 211 g/mol. The first-order valence-electron chi connectivity index (χ1n) is 4.75. The molecule has 3 heteroatoms. The molecule has 1 amide bonds. The average molecular weight is 232 g/mol. The first kappa shape index (κ1) is 12.0. The molecule has 0 saturated carbocycles. The van der Waals surface area contributed by atoms with Gasteiger partial charge in [0.2, 0.25) is 0 Å². The zero-order valence-corrected chi connectivity index (χ0v) is 11.1. The number of nitrogens with zero attached hydrogens (tertiary/aromatic N) is 1. The summed E-state index contributed by atoms with van der Waals surface area (Å²) in [6.07, 6.45) is 0. The molecule has 0 fully saturated rings. The third-order valence-corrected chi connectivity index (χ3v) is 14.3. The van der Waals surface area contributed by atoms with Crippen LogP contribution in [0.5, 0.6) is 0 Å². The molecular formula is C9H21GeNO. The zero-order chi connectivity index (χ0) is 9.78. The van der Waals surface area contributed by atoms with Gasteiger partial charge in [-0.1, -0.05) is 0 Å². The van der Waals surface area contributed by atoms with Gasteiger partial charge >= 0.3 is 78.3 Å². The van der Waals surface area contributed by atoms with E-state index in [0.717, 1.165) is 15.8 Å². The summed E-state index contributed by atoms with van der Waals surface area (Å²) < 4.78 is 0.461. The molecule has 0 rings (SSSR count). The Hall–Kier alpha value is 0.0129. The molecule has 72 valence electrons. The molecule has 0 atom stereocenters. The van der Waals surface area contributed by atoms with Gasteiger partial charge in [0.1, 0.15) is 0 Å². The summed E-state index contributed by atoms with van der Waals surface area (Å²) >= 11 is -2.12. The van der Waals surface area contributed by atoms with Crippen molar-refractivity contribution in [2.75, 3.05) is 14.1 Å². The van der Waals surface area contributed by atoms with Gasteiger partial charge in [-0.2, -0.15) is 0 Å². The number of hydrogen-bond acceptors (Lipinski definition) is 1. The minimum absolute atomic E-state index is 0.461. The van der Waals surface area contributed by atoms with E-state index in [-0.39, 0.29) is 0 Å². The summed E-state index contributed by atoms with van der Waals surface area (Å²) in [6, 6.07) is 0. The van der Waals surface area contributed by atoms with Crippen LogP contribution in [0.4, 0.5) is 4.79 Å². The van der Waals surface area contributed by atoms with Crippen LogP contribution in [0.1, 0.15) is 20.8 Å². The van der Waals surface area contributed by atoms with Crippen molar-refractivity contribution in [3.63, 3.8) is 0 Å². The van der Waals surface area contributed by atoms with Crippen LogP contribution >= 0.6 is 0 Å². The van der Waals surface area contributed by atoms with E-state index in [0.29, 0.717) is 4.74 Å². The van der Waals surface area contributed by atoms with Gasteiger partial charge in [0.15, 0.2) is 0 Å². The molecule has 0 radical (unpaired) electrons. The molecule has 0 aromatic heterocycles. The molecule has 12 heavy (non-hydrogen) atoms. The van der Waals surface area contributed by atoms with Crippen LogP contribution in [-0.4, -0.2) is 37.0 Å². The normalized spacial score (nSPS) is 11.4. The van der Waals surface area contributed by atoms with Gasteiger partial charge < -0.3 is 0 Å². The molecule has 0 aliphatic carbocycles. The molecule has 0 aromatic carbocycles. The van der Waals surface area contributed by atoms with E-state index >= 15 is 0 Å². The Morgan fingerprint density at radius 3 is 1.50 bits per heavy atom. The van der Waals surface area contributed by atoms with E-state index in [4.69, 9.17) is 0 Å². The average Bonchev–Trinajstić information content (AvgIpc) is 2.08. The minimum atomic E-state index is -2.12. The van der Waals surface area contributed by atoms with Gasteiger partial charge in [0.25, 0.3) is 0 Å². The predicted octanol–water partition coefficient (Wildman–Crippen LogP) is 2.76. The monoisotopic (exact) mass is 233 g/mol. The van der Waals surface area contributed by atoms with Gasteiger partial charge in [0.05, 0.1) is 0 Å². The molecule has 0 N–H and O–H groups in total. The van der Waals surface area contributed by atoms with E-state index < -0.39 is 13.3 Å². The Morgan fingerprint density at radius 1 is 1.08 bits per heavy atom. The summed E-state index contributed by atoms with van der Waals surface area (Å²) in [5, 5.41) is 3.39. The van der Waals surface area contributed by atoms with Crippen LogP contribution in [0.3, 0.4) is 0 Å². The second-order valence-electron chi connectivity index (χ2n) is 3.54. The summed E-state index contributed by atoms with van der Waals surface area (Å²) in [7, 11) is 3.76. The van der Waals surface area contributed by atoms with Crippen LogP contribution in [0.25, 0.3) is 0 Å². The molecule has 0 heterocycles. The van der Waals surface area contributed by atoms with Crippen LogP contribution < -0.4 is 0 Å². The van der Waals surface area contributed by atoms with E-state index in [1.165, 1.54) is 0 Å². The summed E-state index contributed by atoms with van der Waals surface area (Å²) in [4.78, 5) is 13.7. The maximum absolute atomic E-state index is 11.9. The van der Waals surface area contributed by atoms with Crippen molar-refractivity contribution in [2.24, 2.45) is 0 Å². The SMILES string of the molecule is C[CH2][Ge]([CH2]C)([CH2]C)[C](=O)N(C)C. The zero-order valence-electron chi connectivity index (χ0n) is 8.98. The van der Waals surface area contributed by atoms with Gasteiger partial charge in [-0.15, -0.1) is 0 Å². The van der Waals surface area contributed by atoms with Gasteiger partial charge in [-0.05, 0) is 0 Å². The topological polar surface area (TPSA) is 20.3 Å². The number of hydrogen-bond donors (Lipinski definition) is 0. The molecule has 0 spiro atoms. The van der Waals surface area contributed by atoms with Crippen molar-refractivity contribution in [1.29, 1.82) is 0 Å². The fourth-order valence-corrected chi connectivity index (χ4v) is 8.72. The van der Waals surface area contributed by atoms with E-state index in [2.05, 4.69) is 20.8 Å². The van der Waals surface area contributed by atoms with Crippen molar-refractivity contribution in [2.45, 2.75) is 36.5 Å². The number of amides is 1. The Balaban J connectivity index is 4.59. The third-order valence-electron chi connectivity index (χ3n) is 2.89. The van der Waals surface area contributed by atoms with Crippen LogP contribution in [0.15, 0.2) is 0 Å². The molecule has 0 aliphatic rings. The molecule has 2 nitrogen and oxygen atoms in total. The number of carbonyl (C=O) groups is 1. The second kappa shape index (κ2) is 4.90. The quantitative estimate of drug-likeness (QED) is 0.682. The maximum atomic E-state index is 11.9. The first-order valence-corrected chi connectivity index (χ1v) is 10.3. The molecule has 0 bridgehead atoms. The molecule has 0 saturated heterocycles. The second-order valence-corrected chi connectivity index (χ2v) is 14.3. The van der Waals surface area contributed by atoms with Gasteiger partial charge in [-0.3, -0.25) is 0 Å². The van der Waals surface area contributed by atoms with Crippen molar-refractivity contribution >= 4 is 18.0 Å².